The number of aliphatic hydroxyl groups is 1. The molecular weight excluding hydrogens is 336 g/mol. The molecule has 3 aliphatic rings. The summed E-state index contributed by atoms with van der Waals surface area (Å²) in [5, 5.41) is 10.6. The smallest absolute Gasteiger partial charge is 0.334 e. The maximum atomic E-state index is 12.4. The molecule has 0 amide bonds. The van der Waals surface area contributed by atoms with Gasteiger partial charge in [0.1, 0.15) is 12.2 Å². The first-order valence-corrected chi connectivity index (χ1v) is 8.94. The highest BCUT2D eigenvalue weighted by atomic mass is 16.6. The number of aliphatic hydroxyl groups excluding tert-OH is 1. The standard InChI is InChI=1S/C20H26O6/c1-6-10(2)18(22)25-15-9-20(5)16(21)8-13(26-20)11(3)7-14-17(15)12(4)19(23)24-14/h6-7,13-17,21H,4,8-9H2,1-3,5H3/b10-6-,11-7-/t13-,14-,15+,16?,17+,20-/m1/s1. The van der Waals surface area contributed by atoms with Gasteiger partial charge >= 0.3 is 11.9 Å². The molecule has 3 aliphatic heterocycles. The Morgan fingerprint density at radius 2 is 2.19 bits per heavy atom. The predicted octanol–water partition coefficient (Wildman–Crippen LogP) is 2.22. The van der Waals surface area contributed by atoms with Crippen LogP contribution >= 0.6 is 0 Å². The lowest BCUT2D eigenvalue weighted by atomic mass is 9.81. The maximum absolute atomic E-state index is 12.4. The molecule has 6 atom stereocenters. The summed E-state index contributed by atoms with van der Waals surface area (Å²) in [6.45, 7) is 11.0. The van der Waals surface area contributed by atoms with Gasteiger partial charge < -0.3 is 19.3 Å². The van der Waals surface area contributed by atoms with E-state index in [4.69, 9.17) is 14.2 Å². The number of carbonyl (C=O) groups excluding carboxylic acids is 2. The van der Waals surface area contributed by atoms with Crippen LogP contribution in [0.25, 0.3) is 0 Å². The van der Waals surface area contributed by atoms with E-state index in [-0.39, 0.29) is 18.1 Å². The maximum Gasteiger partial charge on any atom is 0.334 e. The fourth-order valence-electron chi connectivity index (χ4n) is 3.90. The Bertz CT molecular complexity index is 705. The summed E-state index contributed by atoms with van der Waals surface area (Å²) in [5.74, 6) is -1.44. The molecule has 26 heavy (non-hydrogen) atoms. The molecule has 3 rings (SSSR count). The van der Waals surface area contributed by atoms with Gasteiger partial charge in [0.05, 0.1) is 23.7 Å². The van der Waals surface area contributed by atoms with E-state index in [9.17, 15) is 14.7 Å². The number of allylic oxidation sites excluding steroid dienone is 1. The van der Waals surface area contributed by atoms with Gasteiger partial charge in [-0.1, -0.05) is 12.7 Å². The van der Waals surface area contributed by atoms with E-state index in [1.165, 1.54) is 0 Å². The zero-order valence-electron chi connectivity index (χ0n) is 15.7. The summed E-state index contributed by atoms with van der Waals surface area (Å²) in [5.41, 5.74) is 0.766. The third-order valence-electron chi connectivity index (χ3n) is 5.77. The van der Waals surface area contributed by atoms with Crippen LogP contribution in [-0.4, -0.2) is 47.1 Å². The summed E-state index contributed by atoms with van der Waals surface area (Å²) in [7, 11) is 0. The van der Waals surface area contributed by atoms with Gasteiger partial charge in [-0.05, 0) is 39.3 Å². The first-order chi connectivity index (χ1) is 12.2. The quantitative estimate of drug-likeness (QED) is 0.461. The molecule has 2 saturated heterocycles. The Labute approximate surface area is 153 Å². The Morgan fingerprint density at radius 3 is 2.85 bits per heavy atom. The highest BCUT2D eigenvalue weighted by Crippen LogP contribution is 2.44. The second kappa shape index (κ2) is 6.67. The highest BCUT2D eigenvalue weighted by molar-refractivity contribution is 5.92. The summed E-state index contributed by atoms with van der Waals surface area (Å²) in [6, 6.07) is 0. The third kappa shape index (κ3) is 3.12. The molecule has 2 bridgehead atoms. The Kier molecular flexibility index (Phi) is 4.84. The van der Waals surface area contributed by atoms with Crippen molar-refractivity contribution < 1.29 is 28.9 Å². The fourth-order valence-corrected chi connectivity index (χ4v) is 3.90. The highest BCUT2D eigenvalue weighted by Gasteiger charge is 2.53. The average Bonchev–Trinajstić information content (AvgIpc) is 3.03. The van der Waals surface area contributed by atoms with Gasteiger partial charge in [-0.25, -0.2) is 9.59 Å². The van der Waals surface area contributed by atoms with Crippen molar-refractivity contribution in [1.29, 1.82) is 0 Å². The third-order valence-corrected chi connectivity index (χ3v) is 5.77. The number of esters is 2. The van der Waals surface area contributed by atoms with Crippen LogP contribution in [0.1, 0.15) is 40.5 Å². The van der Waals surface area contributed by atoms with Crippen molar-refractivity contribution in [1.82, 2.24) is 0 Å². The van der Waals surface area contributed by atoms with Crippen molar-refractivity contribution in [2.75, 3.05) is 0 Å². The minimum absolute atomic E-state index is 0.255. The molecule has 0 spiro atoms. The van der Waals surface area contributed by atoms with Gasteiger partial charge in [0.2, 0.25) is 0 Å². The number of hydrogen-bond donors (Lipinski definition) is 1. The molecule has 0 aromatic carbocycles. The summed E-state index contributed by atoms with van der Waals surface area (Å²) < 4.78 is 17.3. The molecule has 0 aromatic rings. The van der Waals surface area contributed by atoms with Crippen molar-refractivity contribution in [2.24, 2.45) is 5.92 Å². The zero-order chi connectivity index (χ0) is 19.2. The topological polar surface area (TPSA) is 82.1 Å². The van der Waals surface area contributed by atoms with Crippen molar-refractivity contribution in [3.8, 4) is 0 Å². The second-order valence-corrected chi connectivity index (χ2v) is 7.62. The lowest BCUT2D eigenvalue weighted by Gasteiger charge is -2.34. The molecular formula is C20H26O6. The van der Waals surface area contributed by atoms with Gasteiger partial charge in [0.25, 0.3) is 0 Å². The first kappa shape index (κ1) is 18.9. The van der Waals surface area contributed by atoms with Crippen LogP contribution in [0.4, 0.5) is 0 Å². The minimum atomic E-state index is -0.880. The number of hydrogen-bond acceptors (Lipinski definition) is 6. The fraction of sp³-hybridized carbons (Fsp3) is 0.600. The van der Waals surface area contributed by atoms with Gasteiger partial charge in [0, 0.05) is 24.0 Å². The molecule has 2 fully saturated rings. The number of rotatable bonds is 2. The monoisotopic (exact) mass is 362 g/mol. The molecule has 1 unspecified atom stereocenters. The molecule has 0 aromatic heterocycles. The molecule has 6 nitrogen and oxygen atoms in total. The van der Waals surface area contributed by atoms with Crippen LogP contribution in [0.3, 0.4) is 0 Å². The molecule has 0 aliphatic carbocycles. The SMILES string of the molecule is C=C1C(=O)O[C@@H]2/C=C(/C)[C@H]3CC(O)[C@@](C)(C[C@H](OC(=O)/C(C)=C\C)[C@@H]12)O3. The van der Waals surface area contributed by atoms with Crippen molar-refractivity contribution >= 4 is 11.9 Å². The largest absolute Gasteiger partial charge is 0.458 e. The van der Waals surface area contributed by atoms with Gasteiger partial charge in [-0.15, -0.1) is 0 Å². The van der Waals surface area contributed by atoms with E-state index < -0.39 is 41.8 Å². The second-order valence-electron chi connectivity index (χ2n) is 7.62. The number of fused-ring (bicyclic) bond motifs is 3. The zero-order valence-corrected chi connectivity index (χ0v) is 15.7. The summed E-state index contributed by atoms with van der Waals surface area (Å²) in [4.78, 5) is 24.5. The average molecular weight is 362 g/mol. The molecule has 142 valence electrons. The van der Waals surface area contributed by atoms with Crippen LogP contribution in [0.5, 0.6) is 0 Å². The Balaban J connectivity index is 2.02. The van der Waals surface area contributed by atoms with Crippen LogP contribution in [0.2, 0.25) is 0 Å². The normalized spacial score (nSPS) is 42.1. The first-order valence-electron chi connectivity index (χ1n) is 8.94. The lowest BCUT2D eigenvalue weighted by Crippen LogP contribution is -2.44. The van der Waals surface area contributed by atoms with Gasteiger partial charge in [-0.3, -0.25) is 0 Å². The van der Waals surface area contributed by atoms with E-state index in [1.54, 1.807) is 19.9 Å². The van der Waals surface area contributed by atoms with E-state index in [0.29, 0.717) is 12.0 Å². The van der Waals surface area contributed by atoms with Gasteiger partial charge in [0.15, 0.2) is 0 Å². The van der Waals surface area contributed by atoms with Crippen molar-refractivity contribution in [3.63, 3.8) is 0 Å². The van der Waals surface area contributed by atoms with Crippen molar-refractivity contribution in [3.05, 3.63) is 35.5 Å². The van der Waals surface area contributed by atoms with Gasteiger partial charge in [-0.2, -0.15) is 0 Å². The Morgan fingerprint density at radius 1 is 1.50 bits per heavy atom. The van der Waals surface area contributed by atoms with E-state index >= 15 is 0 Å². The van der Waals surface area contributed by atoms with Crippen LogP contribution in [-0.2, 0) is 23.8 Å². The number of ether oxygens (including phenoxy) is 3. The Hall–Kier alpha value is -1.92. The molecule has 6 heteroatoms. The summed E-state index contributed by atoms with van der Waals surface area (Å²) in [6.07, 6.45) is 2.02. The molecule has 0 radical (unpaired) electrons. The van der Waals surface area contributed by atoms with E-state index in [1.807, 2.05) is 19.9 Å². The molecule has 3 heterocycles. The van der Waals surface area contributed by atoms with Crippen LogP contribution < -0.4 is 0 Å². The lowest BCUT2D eigenvalue weighted by molar-refractivity contribution is -0.154. The van der Waals surface area contributed by atoms with E-state index in [2.05, 4.69) is 6.58 Å². The van der Waals surface area contributed by atoms with Crippen LogP contribution in [0.15, 0.2) is 35.5 Å². The molecule has 1 N–H and O–H groups in total. The van der Waals surface area contributed by atoms with Crippen molar-refractivity contribution in [2.45, 2.75) is 70.6 Å². The van der Waals surface area contributed by atoms with E-state index in [0.717, 1.165) is 5.57 Å². The predicted molar refractivity (Wildman–Crippen MR) is 94.1 cm³/mol. The van der Waals surface area contributed by atoms with Crippen LogP contribution in [0, 0.1) is 5.92 Å². The summed E-state index contributed by atoms with van der Waals surface area (Å²) >= 11 is 0. The number of carbonyl (C=O) groups is 2. The molecule has 0 saturated carbocycles. The minimum Gasteiger partial charge on any atom is -0.458 e.